The summed E-state index contributed by atoms with van der Waals surface area (Å²) in [6, 6.07) is 4.51. The number of carbonyl (C=O) groups excluding carboxylic acids is 1. The van der Waals surface area contributed by atoms with Gasteiger partial charge in [0.25, 0.3) is 14.4 Å². The molecule has 20 heavy (non-hydrogen) atoms. The van der Waals surface area contributed by atoms with E-state index in [2.05, 4.69) is 25.2 Å². The highest BCUT2D eigenvalue weighted by atomic mass is 35.5. The predicted octanol–water partition coefficient (Wildman–Crippen LogP) is 1.35. The third-order valence-corrected chi connectivity index (χ3v) is 4.64. The molecule has 106 valence electrons. The molecule has 0 radical (unpaired) electrons. The van der Waals surface area contributed by atoms with Gasteiger partial charge in [-0.05, 0) is 12.1 Å². The number of nitrogens with one attached hydrogen (secondary N) is 2. The Labute approximate surface area is 123 Å². The fourth-order valence-corrected chi connectivity index (χ4v) is 3.28. The topological polar surface area (TPSA) is 114 Å². The third kappa shape index (κ3) is 3.62. The first-order valence-electron chi connectivity index (χ1n) is 5.13. The molecule has 0 fully saturated rings. The van der Waals surface area contributed by atoms with Crippen LogP contribution >= 0.6 is 22.9 Å². The van der Waals surface area contributed by atoms with Crippen LogP contribution in [0.3, 0.4) is 0 Å². The average molecular weight is 334 g/mol. The summed E-state index contributed by atoms with van der Waals surface area (Å²) in [6.45, 7) is 1.28. The summed E-state index contributed by atoms with van der Waals surface area (Å²) in [4.78, 5) is 14.6. The SMILES string of the molecule is CC(=O)Nc1nnc(S(=O)(=O)Nc2cccc(Cl)n2)s1. The zero-order valence-corrected chi connectivity index (χ0v) is 12.4. The molecule has 0 saturated heterocycles. The largest absolute Gasteiger partial charge is 0.301 e. The number of aromatic nitrogens is 3. The minimum absolute atomic E-state index is 0.0637. The molecule has 2 rings (SSSR count). The highest BCUT2D eigenvalue weighted by Crippen LogP contribution is 2.22. The van der Waals surface area contributed by atoms with E-state index < -0.39 is 10.0 Å². The van der Waals surface area contributed by atoms with Gasteiger partial charge in [0.05, 0.1) is 0 Å². The van der Waals surface area contributed by atoms with Crippen LogP contribution in [0.2, 0.25) is 5.15 Å². The fourth-order valence-electron chi connectivity index (χ4n) is 1.17. The van der Waals surface area contributed by atoms with Crippen molar-refractivity contribution < 1.29 is 13.2 Å². The monoisotopic (exact) mass is 333 g/mol. The van der Waals surface area contributed by atoms with E-state index in [9.17, 15) is 13.2 Å². The molecule has 0 aromatic carbocycles. The molecular weight excluding hydrogens is 326 g/mol. The van der Waals surface area contributed by atoms with Crippen molar-refractivity contribution in [2.24, 2.45) is 0 Å². The van der Waals surface area contributed by atoms with E-state index in [1.54, 1.807) is 6.07 Å². The molecule has 8 nitrogen and oxygen atoms in total. The van der Waals surface area contributed by atoms with E-state index in [1.165, 1.54) is 19.1 Å². The molecule has 0 bridgehead atoms. The van der Waals surface area contributed by atoms with Crippen LogP contribution in [-0.2, 0) is 14.8 Å². The van der Waals surface area contributed by atoms with Crippen molar-refractivity contribution in [3.63, 3.8) is 0 Å². The number of carbonyl (C=O) groups is 1. The van der Waals surface area contributed by atoms with Gasteiger partial charge in [0.2, 0.25) is 11.0 Å². The smallest absolute Gasteiger partial charge is 0.292 e. The van der Waals surface area contributed by atoms with E-state index >= 15 is 0 Å². The first-order valence-corrected chi connectivity index (χ1v) is 7.81. The Balaban J connectivity index is 2.22. The Morgan fingerprint density at radius 3 is 2.75 bits per heavy atom. The van der Waals surface area contributed by atoms with Gasteiger partial charge < -0.3 is 5.32 Å². The van der Waals surface area contributed by atoms with E-state index in [-0.39, 0.29) is 26.3 Å². The molecule has 0 atom stereocenters. The van der Waals surface area contributed by atoms with Crippen molar-refractivity contribution in [2.75, 3.05) is 10.0 Å². The van der Waals surface area contributed by atoms with Gasteiger partial charge >= 0.3 is 0 Å². The van der Waals surface area contributed by atoms with Gasteiger partial charge in [-0.1, -0.05) is 29.0 Å². The van der Waals surface area contributed by atoms with Crippen molar-refractivity contribution in [1.29, 1.82) is 0 Å². The minimum atomic E-state index is -3.92. The Morgan fingerprint density at radius 2 is 2.10 bits per heavy atom. The molecule has 0 spiro atoms. The summed E-state index contributed by atoms with van der Waals surface area (Å²) in [7, 11) is -3.92. The average Bonchev–Trinajstić information content (AvgIpc) is 2.76. The maximum absolute atomic E-state index is 12.0. The second-order valence-corrected chi connectivity index (χ2v) is 6.73. The van der Waals surface area contributed by atoms with Gasteiger partial charge in [-0.25, -0.2) is 4.98 Å². The number of halogens is 1. The lowest BCUT2D eigenvalue weighted by Gasteiger charge is -2.03. The number of anilines is 2. The van der Waals surface area contributed by atoms with Crippen molar-refractivity contribution in [1.82, 2.24) is 15.2 Å². The lowest BCUT2D eigenvalue weighted by molar-refractivity contribution is -0.114. The lowest BCUT2D eigenvalue weighted by atomic mass is 10.5. The summed E-state index contributed by atoms with van der Waals surface area (Å²) in [5.41, 5.74) is 0. The predicted molar refractivity (Wildman–Crippen MR) is 74.3 cm³/mol. The maximum Gasteiger partial charge on any atom is 0.292 e. The molecule has 2 N–H and O–H groups in total. The van der Waals surface area contributed by atoms with Crippen LogP contribution in [0.5, 0.6) is 0 Å². The molecule has 2 aromatic heterocycles. The van der Waals surface area contributed by atoms with Crippen molar-refractivity contribution in [2.45, 2.75) is 11.3 Å². The first kappa shape index (κ1) is 14.6. The van der Waals surface area contributed by atoms with Crippen LogP contribution in [0, 0.1) is 0 Å². The number of amides is 1. The summed E-state index contributed by atoms with van der Waals surface area (Å²) in [6.07, 6.45) is 0. The zero-order valence-electron chi connectivity index (χ0n) is 9.99. The fraction of sp³-hybridized carbons (Fsp3) is 0.111. The Kier molecular flexibility index (Phi) is 4.16. The van der Waals surface area contributed by atoms with Crippen LogP contribution in [0.1, 0.15) is 6.92 Å². The summed E-state index contributed by atoms with van der Waals surface area (Å²) in [5, 5.41) is 9.65. The Bertz CT molecular complexity index is 746. The zero-order chi connectivity index (χ0) is 14.8. The van der Waals surface area contributed by atoms with Gasteiger partial charge in [-0.2, -0.15) is 8.42 Å². The van der Waals surface area contributed by atoms with Crippen molar-refractivity contribution in [3.8, 4) is 0 Å². The highest BCUT2D eigenvalue weighted by molar-refractivity contribution is 7.94. The highest BCUT2D eigenvalue weighted by Gasteiger charge is 2.21. The van der Waals surface area contributed by atoms with Crippen LogP contribution in [0.25, 0.3) is 0 Å². The molecule has 0 unspecified atom stereocenters. The van der Waals surface area contributed by atoms with E-state index in [4.69, 9.17) is 11.6 Å². The van der Waals surface area contributed by atoms with Gasteiger partial charge in [0.1, 0.15) is 11.0 Å². The van der Waals surface area contributed by atoms with Crippen molar-refractivity contribution >= 4 is 49.8 Å². The number of sulfonamides is 1. The van der Waals surface area contributed by atoms with Crippen LogP contribution in [-0.4, -0.2) is 29.5 Å². The molecule has 0 saturated carbocycles. The number of nitrogens with zero attached hydrogens (tertiary/aromatic N) is 3. The standard InChI is InChI=1S/C9H8ClN5O3S2/c1-5(16)11-8-13-14-9(19-8)20(17,18)15-7-4-2-3-6(10)12-7/h2-4H,1H3,(H,12,15)(H,11,13,16). The minimum Gasteiger partial charge on any atom is -0.301 e. The second-order valence-electron chi connectivity index (χ2n) is 3.51. The molecule has 11 heteroatoms. The van der Waals surface area contributed by atoms with Crippen molar-refractivity contribution in [3.05, 3.63) is 23.4 Å². The number of hydrogen-bond donors (Lipinski definition) is 2. The Hall–Kier alpha value is -1.78. The number of rotatable bonds is 4. The van der Waals surface area contributed by atoms with Crippen LogP contribution in [0.4, 0.5) is 10.9 Å². The van der Waals surface area contributed by atoms with E-state index in [0.29, 0.717) is 0 Å². The van der Waals surface area contributed by atoms with E-state index in [0.717, 1.165) is 11.3 Å². The second kappa shape index (κ2) is 5.69. The molecule has 0 aliphatic carbocycles. The molecule has 2 aromatic rings. The number of hydrogen-bond acceptors (Lipinski definition) is 7. The molecular formula is C9H8ClN5O3S2. The van der Waals surface area contributed by atoms with Gasteiger partial charge in [0.15, 0.2) is 0 Å². The first-order chi connectivity index (χ1) is 9.37. The summed E-state index contributed by atoms with van der Waals surface area (Å²) in [5.74, 6) is -0.302. The van der Waals surface area contributed by atoms with Gasteiger partial charge in [0, 0.05) is 6.92 Å². The van der Waals surface area contributed by atoms with Gasteiger partial charge in [-0.3, -0.25) is 9.52 Å². The molecule has 0 aliphatic rings. The number of pyridine rings is 1. The molecule has 1 amide bonds. The summed E-state index contributed by atoms with van der Waals surface area (Å²) < 4.78 is 26.0. The van der Waals surface area contributed by atoms with Gasteiger partial charge in [-0.15, -0.1) is 10.2 Å². The van der Waals surface area contributed by atoms with E-state index in [1.807, 2.05) is 0 Å². The quantitative estimate of drug-likeness (QED) is 0.644. The van der Waals surface area contributed by atoms with Crippen LogP contribution < -0.4 is 10.0 Å². The summed E-state index contributed by atoms with van der Waals surface area (Å²) >= 11 is 6.39. The lowest BCUT2D eigenvalue weighted by Crippen LogP contribution is -2.13. The molecule has 2 heterocycles. The maximum atomic E-state index is 12.0. The third-order valence-electron chi connectivity index (χ3n) is 1.87. The normalized spacial score (nSPS) is 11.1. The molecule has 0 aliphatic heterocycles. The van der Waals surface area contributed by atoms with Crippen LogP contribution in [0.15, 0.2) is 22.5 Å². The Morgan fingerprint density at radius 1 is 1.35 bits per heavy atom.